The molecule has 2 atom stereocenters. The summed E-state index contributed by atoms with van der Waals surface area (Å²) in [5.41, 5.74) is 3.15. The molecule has 2 aliphatic rings. The van der Waals surface area contributed by atoms with Gasteiger partial charge in [0, 0.05) is 0 Å². The van der Waals surface area contributed by atoms with Crippen LogP contribution in [0.15, 0.2) is 46.2 Å². The van der Waals surface area contributed by atoms with E-state index in [4.69, 9.17) is 0 Å². The molecule has 0 aliphatic carbocycles. The van der Waals surface area contributed by atoms with Crippen LogP contribution in [0.5, 0.6) is 0 Å². The molecule has 0 aromatic heterocycles. The van der Waals surface area contributed by atoms with Crippen LogP contribution in [-0.2, 0) is 20.2 Å². The smallest absolute Gasteiger partial charge is 0.744 e. The summed E-state index contributed by atoms with van der Waals surface area (Å²) in [4.78, 5) is -0.354. The van der Waals surface area contributed by atoms with Crippen molar-refractivity contribution in [3.63, 3.8) is 0 Å². The molecule has 4 rings (SSSR count). The second kappa shape index (κ2) is 34.9. The van der Waals surface area contributed by atoms with E-state index in [9.17, 15) is 25.9 Å². The molecule has 0 spiro atoms. The fourth-order valence-corrected chi connectivity index (χ4v) is 9.75. The van der Waals surface area contributed by atoms with E-state index in [2.05, 4.69) is 35.1 Å². The number of fused-ring (bicyclic) bond motifs is 2. The third kappa shape index (κ3) is 26.6. The Morgan fingerprint density at radius 2 is 0.587 bits per heavy atom. The molecule has 2 aliphatic heterocycles. The number of hydrogen-bond acceptors (Lipinski definition) is 10. The summed E-state index contributed by atoms with van der Waals surface area (Å²) in [6, 6.07) is 8.93. The Labute approximate surface area is 415 Å². The van der Waals surface area contributed by atoms with E-state index in [1.807, 2.05) is 0 Å². The minimum Gasteiger partial charge on any atom is -0.744 e. The van der Waals surface area contributed by atoms with Crippen molar-refractivity contribution in [2.75, 3.05) is 21.3 Å². The Morgan fingerprint density at radius 3 is 0.825 bits per heavy atom. The predicted molar refractivity (Wildman–Crippen MR) is 265 cm³/mol. The zero-order valence-corrected chi connectivity index (χ0v) is 43.5. The van der Waals surface area contributed by atoms with Crippen molar-refractivity contribution < 1.29 is 25.9 Å². The van der Waals surface area contributed by atoms with Gasteiger partial charge in [-0.15, -0.1) is 0 Å². The molecule has 0 radical (unpaired) electrons. The monoisotopic (exact) mass is 943 g/mol. The SMILES string of the molecule is CCCCCCCCCCCCCCCCCCC1Nc2ccc(S(=O)(=O)[O-])cc2N1.CCCCCCCCCCCCCCCCCCC1Nc2ccc(S(=O)(=O)[O-])cc2N1.[Ca+2]. The summed E-state index contributed by atoms with van der Waals surface area (Å²) < 4.78 is 66.9. The van der Waals surface area contributed by atoms with Crippen LogP contribution in [0, 0.1) is 0 Å². The van der Waals surface area contributed by atoms with Crippen LogP contribution in [0.4, 0.5) is 22.7 Å². The van der Waals surface area contributed by atoms with E-state index in [-0.39, 0.29) is 59.9 Å². The van der Waals surface area contributed by atoms with Gasteiger partial charge in [0.25, 0.3) is 0 Å². The van der Waals surface area contributed by atoms with Crippen molar-refractivity contribution in [3.8, 4) is 0 Å². The summed E-state index contributed by atoms with van der Waals surface area (Å²) >= 11 is 0. The largest absolute Gasteiger partial charge is 2.00 e. The van der Waals surface area contributed by atoms with Crippen molar-refractivity contribution >= 4 is 80.7 Å². The van der Waals surface area contributed by atoms with Crippen LogP contribution < -0.4 is 21.3 Å². The molecule has 2 aromatic carbocycles. The van der Waals surface area contributed by atoms with Gasteiger partial charge >= 0.3 is 37.7 Å². The summed E-state index contributed by atoms with van der Waals surface area (Å²) in [6.45, 7) is 4.55. The molecule has 0 saturated carbocycles. The van der Waals surface area contributed by atoms with Gasteiger partial charge < -0.3 is 30.4 Å². The Kier molecular flexibility index (Phi) is 32.1. The van der Waals surface area contributed by atoms with Gasteiger partial charge in [-0.1, -0.05) is 206 Å². The number of nitrogens with one attached hydrogen (secondary N) is 4. The first kappa shape index (κ1) is 57.8. The third-order valence-corrected chi connectivity index (χ3v) is 14.2. The molecule has 0 saturated heterocycles. The molecule has 13 heteroatoms. The zero-order chi connectivity index (χ0) is 44.7. The number of anilines is 4. The first-order valence-corrected chi connectivity index (χ1v) is 28.1. The summed E-state index contributed by atoms with van der Waals surface area (Å²) in [5, 5.41) is 13.3. The summed E-state index contributed by atoms with van der Waals surface area (Å²) in [7, 11) is -8.81. The molecular formula is C50H86CaN4O6S2. The summed E-state index contributed by atoms with van der Waals surface area (Å²) in [5.74, 6) is 0. The maximum atomic E-state index is 11.1. The molecule has 10 nitrogen and oxygen atoms in total. The van der Waals surface area contributed by atoms with E-state index >= 15 is 0 Å². The van der Waals surface area contributed by atoms with Crippen molar-refractivity contribution in [2.45, 2.75) is 254 Å². The first-order chi connectivity index (χ1) is 30.0. The molecule has 2 heterocycles. The van der Waals surface area contributed by atoms with Gasteiger partial charge in [-0.2, -0.15) is 0 Å². The topological polar surface area (TPSA) is 163 Å². The summed E-state index contributed by atoms with van der Waals surface area (Å²) in [6.07, 6.45) is 45.9. The molecule has 63 heavy (non-hydrogen) atoms. The zero-order valence-electron chi connectivity index (χ0n) is 39.6. The normalized spacial score (nSPS) is 15.2. The second-order valence-corrected chi connectivity index (χ2v) is 20.9. The Morgan fingerprint density at radius 1 is 0.365 bits per heavy atom. The van der Waals surface area contributed by atoms with Crippen LogP contribution in [0.2, 0.25) is 0 Å². The van der Waals surface area contributed by atoms with Crippen LogP contribution >= 0.6 is 0 Å². The quantitative estimate of drug-likeness (QED) is 0.0294. The molecular weight excluding hydrogens is 857 g/mol. The van der Waals surface area contributed by atoms with Crippen molar-refractivity contribution in [1.82, 2.24) is 0 Å². The van der Waals surface area contributed by atoms with Gasteiger partial charge in [0.1, 0.15) is 20.2 Å². The van der Waals surface area contributed by atoms with Gasteiger partial charge in [0.05, 0.1) is 44.9 Å². The second-order valence-electron chi connectivity index (χ2n) is 18.2. The van der Waals surface area contributed by atoms with Crippen LogP contribution in [0.1, 0.15) is 232 Å². The van der Waals surface area contributed by atoms with E-state index in [0.29, 0.717) is 11.4 Å². The average Bonchev–Trinajstić information content (AvgIpc) is 3.86. The van der Waals surface area contributed by atoms with Crippen molar-refractivity contribution in [2.24, 2.45) is 0 Å². The molecule has 2 unspecified atom stereocenters. The van der Waals surface area contributed by atoms with E-state index < -0.39 is 20.2 Å². The standard InChI is InChI=1S/2C25H44N2O3S.Ca/c2*1-2-3-4-5-6-7-8-9-10-11-12-13-14-15-16-17-18-25-26-23-20-19-22(31(28,29)30)21-24(23)27-25;/h2*19-21,25-27H,2-18H2,1H3,(H,28,29,30);/q;;+2/p-2. The maximum Gasteiger partial charge on any atom is 2.00 e. The van der Waals surface area contributed by atoms with Gasteiger partial charge in [-0.3, -0.25) is 0 Å². The Hall–Kier alpha value is -1.28. The van der Waals surface area contributed by atoms with Gasteiger partial charge in [-0.05, 0) is 62.1 Å². The number of rotatable bonds is 36. The van der Waals surface area contributed by atoms with Crippen molar-refractivity contribution in [3.05, 3.63) is 36.4 Å². The van der Waals surface area contributed by atoms with Crippen LogP contribution in [-0.4, -0.2) is 76.0 Å². The fourth-order valence-electron chi connectivity index (χ4n) is 8.75. The maximum absolute atomic E-state index is 11.1. The van der Waals surface area contributed by atoms with Crippen LogP contribution in [0.25, 0.3) is 0 Å². The fraction of sp³-hybridized carbons (Fsp3) is 0.760. The van der Waals surface area contributed by atoms with Gasteiger partial charge in [0.15, 0.2) is 0 Å². The van der Waals surface area contributed by atoms with Crippen molar-refractivity contribution in [1.29, 1.82) is 0 Å². The average molecular weight is 943 g/mol. The van der Waals surface area contributed by atoms with Crippen LogP contribution in [0.3, 0.4) is 0 Å². The molecule has 4 N–H and O–H groups in total. The molecule has 0 amide bonds. The van der Waals surface area contributed by atoms with E-state index in [1.165, 1.54) is 217 Å². The van der Waals surface area contributed by atoms with Gasteiger partial charge in [-0.25, -0.2) is 16.8 Å². The molecule has 0 bridgehead atoms. The minimum atomic E-state index is -4.40. The number of hydrogen-bond donors (Lipinski definition) is 4. The molecule has 2 aromatic rings. The third-order valence-electron chi connectivity index (χ3n) is 12.6. The van der Waals surface area contributed by atoms with Gasteiger partial charge in [0.2, 0.25) is 0 Å². The Bertz CT molecular complexity index is 1570. The first-order valence-electron chi connectivity index (χ1n) is 25.3. The predicted octanol–water partition coefficient (Wildman–Crippen LogP) is 14.4. The number of benzene rings is 2. The van der Waals surface area contributed by atoms with E-state index in [0.717, 1.165) is 37.1 Å². The Balaban J connectivity index is 0.000000427. The minimum absolute atomic E-state index is 0. The molecule has 356 valence electrons. The number of unbranched alkanes of at least 4 members (excludes halogenated alkanes) is 30. The van der Waals surface area contributed by atoms with E-state index in [1.54, 1.807) is 12.1 Å². The molecule has 0 fully saturated rings.